The molecule has 0 bridgehead atoms. The van der Waals surface area contributed by atoms with Gasteiger partial charge in [0.25, 0.3) is 0 Å². The van der Waals surface area contributed by atoms with Gasteiger partial charge in [-0.15, -0.1) is 0 Å². The van der Waals surface area contributed by atoms with Crippen LogP contribution in [0, 0.1) is 5.92 Å². The monoisotopic (exact) mass is 273 g/mol. The summed E-state index contributed by atoms with van der Waals surface area (Å²) in [5.74, 6) is 1.92. The van der Waals surface area contributed by atoms with Crippen LogP contribution in [0.2, 0.25) is 0 Å². The van der Waals surface area contributed by atoms with Crippen molar-refractivity contribution >= 4 is 0 Å². The summed E-state index contributed by atoms with van der Waals surface area (Å²) in [4.78, 5) is 2.66. The van der Waals surface area contributed by atoms with Gasteiger partial charge in [0.15, 0.2) is 0 Å². The van der Waals surface area contributed by atoms with Crippen molar-refractivity contribution < 1.29 is 4.74 Å². The van der Waals surface area contributed by atoms with Crippen molar-refractivity contribution in [2.75, 3.05) is 14.2 Å². The number of fused-ring (bicyclic) bond motifs is 1. The number of hydrogen-bond acceptors (Lipinski definition) is 2. The van der Waals surface area contributed by atoms with Crippen molar-refractivity contribution in [2.24, 2.45) is 5.92 Å². The molecule has 1 aliphatic heterocycles. The third-order valence-corrected chi connectivity index (χ3v) is 5.42. The molecule has 0 N–H and O–H groups in total. The Kier molecular flexibility index (Phi) is 4.30. The first kappa shape index (κ1) is 13.9. The molecule has 2 nitrogen and oxygen atoms in total. The lowest BCUT2D eigenvalue weighted by atomic mass is 9.81. The molecule has 0 radical (unpaired) electrons. The van der Waals surface area contributed by atoms with Crippen molar-refractivity contribution in [2.45, 2.75) is 57.0 Å². The summed E-state index contributed by atoms with van der Waals surface area (Å²) in [6.45, 7) is 0. The molecule has 20 heavy (non-hydrogen) atoms. The van der Waals surface area contributed by atoms with E-state index in [0.717, 1.165) is 17.7 Å². The predicted molar refractivity (Wildman–Crippen MR) is 83.1 cm³/mol. The van der Waals surface area contributed by atoms with E-state index in [1.165, 1.54) is 50.5 Å². The Hall–Kier alpha value is -1.02. The van der Waals surface area contributed by atoms with Crippen molar-refractivity contribution in [3.05, 3.63) is 29.8 Å². The lowest BCUT2D eigenvalue weighted by molar-refractivity contribution is 0.0588. The van der Waals surface area contributed by atoms with Crippen LogP contribution in [0.25, 0.3) is 0 Å². The Bertz CT molecular complexity index is 445. The highest BCUT2D eigenvalue weighted by atomic mass is 16.5. The normalized spacial score (nSPS) is 31.4. The fraction of sp³-hybridized carbons (Fsp3) is 0.667. The molecule has 1 aliphatic carbocycles. The summed E-state index contributed by atoms with van der Waals surface area (Å²) in [6.07, 6.45) is 9.82. The van der Waals surface area contributed by atoms with Crippen LogP contribution in [0.15, 0.2) is 24.3 Å². The maximum Gasteiger partial charge on any atom is 0.119 e. The number of hydrogen-bond donors (Lipinski definition) is 0. The molecule has 2 heteroatoms. The molecule has 0 spiro atoms. The molecule has 0 aromatic heterocycles. The van der Waals surface area contributed by atoms with Crippen LogP contribution in [0.4, 0.5) is 0 Å². The van der Waals surface area contributed by atoms with Crippen LogP contribution >= 0.6 is 0 Å². The molecule has 1 saturated heterocycles. The minimum absolute atomic E-state index is 0.574. The van der Waals surface area contributed by atoms with Gasteiger partial charge in [-0.3, -0.25) is 4.90 Å². The molecule has 2 fully saturated rings. The second-order valence-corrected chi connectivity index (χ2v) is 6.50. The molecular weight excluding hydrogens is 246 g/mol. The lowest BCUT2D eigenvalue weighted by Gasteiger charge is -2.44. The maximum absolute atomic E-state index is 5.39. The summed E-state index contributed by atoms with van der Waals surface area (Å²) >= 11 is 0. The molecule has 1 aromatic carbocycles. The summed E-state index contributed by atoms with van der Waals surface area (Å²) in [5.41, 5.74) is 1.43. The minimum Gasteiger partial charge on any atom is -0.497 e. The molecule has 0 unspecified atom stereocenters. The standard InChI is InChI=1S/C18H27NO/c1-19-17-10-5-3-4-7-14(17)11-12-18(19)15-8-6-9-16(13-15)20-2/h6,8-9,13-14,17-18H,3-5,7,10-12H2,1-2H3/t14-,17+,18+/m0/s1. The van der Waals surface area contributed by atoms with E-state index in [2.05, 4.69) is 30.1 Å². The minimum atomic E-state index is 0.574. The maximum atomic E-state index is 5.39. The highest BCUT2D eigenvalue weighted by Gasteiger charge is 2.35. The van der Waals surface area contributed by atoms with E-state index in [4.69, 9.17) is 4.74 Å². The fourth-order valence-corrected chi connectivity index (χ4v) is 4.30. The zero-order valence-corrected chi connectivity index (χ0v) is 12.8. The molecule has 3 rings (SSSR count). The van der Waals surface area contributed by atoms with E-state index >= 15 is 0 Å². The molecule has 1 saturated carbocycles. The van der Waals surface area contributed by atoms with E-state index in [0.29, 0.717) is 6.04 Å². The lowest BCUT2D eigenvalue weighted by Crippen LogP contribution is -2.44. The average Bonchev–Trinajstić information content (AvgIpc) is 2.73. The van der Waals surface area contributed by atoms with E-state index in [-0.39, 0.29) is 0 Å². The summed E-state index contributed by atoms with van der Waals surface area (Å²) < 4.78 is 5.39. The number of methoxy groups -OCH3 is 1. The summed E-state index contributed by atoms with van der Waals surface area (Å²) in [6, 6.07) is 10.0. The van der Waals surface area contributed by atoms with E-state index < -0.39 is 0 Å². The van der Waals surface area contributed by atoms with Gasteiger partial charge in [0.2, 0.25) is 0 Å². The first-order valence-electron chi connectivity index (χ1n) is 8.15. The van der Waals surface area contributed by atoms with Crippen LogP contribution in [0.5, 0.6) is 5.75 Å². The summed E-state index contributed by atoms with van der Waals surface area (Å²) in [7, 11) is 4.09. The quantitative estimate of drug-likeness (QED) is 0.791. The third kappa shape index (κ3) is 2.71. The van der Waals surface area contributed by atoms with Gasteiger partial charge in [-0.1, -0.05) is 31.4 Å². The van der Waals surface area contributed by atoms with Gasteiger partial charge in [0.1, 0.15) is 5.75 Å². The Morgan fingerprint density at radius 1 is 1.05 bits per heavy atom. The second-order valence-electron chi connectivity index (χ2n) is 6.50. The zero-order valence-electron chi connectivity index (χ0n) is 12.8. The van der Waals surface area contributed by atoms with Crippen LogP contribution in [-0.4, -0.2) is 25.1 Å². The highest BCUT2D eigenvalue weighted by molar-refractivity contribution is 5.31. The second kappa shape index (κ2) is 6.17. The van der Waals surface area contributed by atoms with Gasteiger partial charge in [-0.05, 0) is 56.3 Å². The number of piperidine rings is 1. The first-order chi connectivity index (χ1) is 9.79. The van der Waals surface area contributed by atoms with Crippen LogP contribution in [0.3, 0.4) is 0 Å². The molecule has 3 atom stereocenters. The van der Waals surface area contributed by atoms with Crippen molar-refractivity contribution in [3.8, 4) is 5.75 Å². The van der Waals surface area contributed by atoms with Crippen molar-refractivity contribution in [1.29, 1.82) is 0 Å². The Morgan fingerprint density at radius 2 is 1.90 bits per heavy atom. The third-order valence-electron chi connectivity index (χ3n) is 5.42. The Balaban J connectivity index is 1.80. The number of likely N-dealkylation sites (tertiary alicyclic amines) is 1. The van der Waals surface area contributed by atoms with Crippen LogP contribution in [-0.2, 0) is 0 Å². The topological polar surface area (TPSA) is 12.5 Å². The van der Waals surface area contributed by atoms with Gasteiger partial charge >= 0.3 is 0 Å². The average molecular weight is 273 g/mol. The van der Waals surface area contributed by atoms with Gasteiger partial charge < -0.3 is 4.74 Å². The number of benzene rings is 1. The molecule has 0 amide bonds. The van der Waals surface area contributed by atoms with Gasteiger partial charge in [0, 0.05) is 12.1 Å². The summed E-state index contributed by atoms with van der Waals surface area (Å²) in [5, 5.41) is 0. The van der Waals surface area contributed by atoms with Gasteiger partial charge in [0.05, 0.1) is 7.11 Å². The first-order valence-corrected chi connectivity index (χ1v) is 8.15. The largest absolute Gasteiger partial charge is 0.497 e. The van der Waals surface area contributed by atoms with Crippen LogP contribution < -0.4 is 4.74 Å². The predicted octanol–water partition coefficient (Wildman–Crippen LogP) is 4.41. The smallest absolute Gasteiger partial charge is 0.119 e. The molecular formula is C18H27NO. The van der Waals surface area contributed by atoms with Crippen molar-refractivity contribution in [1.82, 2.24) is 4.90 Å². The Labute approximate surface area is 123 Å². The van der Waals surface area contributed by atoms with Crippen molar-refractivity contribution in [3.63, 3.8) is 0 Å². The highest BCUT2D eigenvalue weighted by Crippen LogP contribution is 2.41. The zero-order chi connectivity index (χ0) is 13.9. The molecule has 1 aromatic rings. The van der Waals surface area contributed by atoms with Crippen LogP contribution in [0.1, 0.15) is 56.6 Å². The fourth-order valence-electron chi connectivity index (χ4n) is 4.30. The van der Waals surface area contributed by atoms with E-state index in [1.807, 2.05) is 6.07 Å². The Morgan fingerprint density at radius 3 is 2.75 bits per heavy atom. The number of ether oxygens (including phenoxy) is 1. The molecule has 2 aliphatic rings. The van der Waals surface area contributed by atoms with E-state index in [9.17, 15) is 0 Å². The SMILES string of the molecule is COc1cccc([C@H]2CC[C@@H]3CCCCC[C@H]3N2C)c1. The number of rotatable bonds is 2. The molecule has 110 valence electrons. The van der Waals surface area contributed by atoms with E-state index in [1.54, 1.807) is 7.11 Å². The van der Waals surface area contributed by atoms with Gasteiger partial charge in [-0.25, -0.2) is 0 Å². The molecule has 1 heterocycles. The number of nitrogens with zero attached hydrogens (tertiary/aromatic N) is 1. The van der Waals surface area contributed by atoms with Gasteiger partial charge in [-0.2, -0.15) is 0 Å².